The summed E-state index contributed by atoms with van der Waals surface area (Å²) in [6.07, 6.45) is 7.84. The number of sulfonamides is 1. The number of nitrogens with one attached hydrogen (secondary N) is 2. The lowest BCUT2D eigenvalue weighted by Gasteiger charge is -2.45. The van der Waals surface area contributed by atoms with Gasteiger partial charge in [0.1, 0.15) is 5.84 Å². The van der Waals surface area contributed by atoms with E-state index in [1.807, 2.05) is 32.9 Å². The van der Waals surface area contributed by atoms with E-state index in [-0.39, 0.29) is 17.9 Å². The normalized spacial score (nSPS) is 22.6. The van der Waals surface area contributed by atoms with Gasteiger partial charge in [-0.15, -0.1) is 12.4 Å². The van der Waals surface area contributed by atoms with Gasteiger partial charge in [-0.25, -0.2) is 8.42 Å². The Labute approximate surface area is 193 Å². The SMILES string of the molecule is Cc1cc(C)c(S(=O)(=O)N2CCC3(CC2)NCCN=C3NC2CCCCC2)c(C)c1.Cl. The van der Waals surface area contributed by atoms with Crippen LogP contribution in [0.2, 0.25) is 0 Å². The van der Waals surface area contributed by atoms with Crippen LogP contribution in [-0.2, 0) is 10.0 Å². The maximum atomic E-state index is 13.5. The Morgan fingerprint density at radius 2 is 1.68 bits per heavy atom. The number of hydrogen-bond donors (Lipinski definition) is 2. The highest BCUT2D eigenvalue weighted by Gasteiger charge is 2.44. The third-order valence-corrected chi connectivity index (χ3v) is 9.23. The summed E-state index contributed by atoms with van der Waals surface area (Å²) < 4.78 is 28.6. The summed E-state index contributed by atoms with van der Waals surface area (Å²) in [4.78, 5) is 5.34. The zero-order valence-electron chi connectivity index (χ0n) is 19.0. The molecular formula is C23H37ClN4O2S. The predicted molar refractivity (Wildman–Crippen MR) is 129 cm³/mol. The third kappa shape index (κ3) is 4.95. The quantitative estimate of drug-likeness (QED) is 0.712. The fourth-order valence-electron chi connectivity index (χ4n) is 5.55. The van der Waals surface area contributed by atoms with Gasteiger partial charge in [0.25, 0.3) is 0 Å². The van der Waals surface area contributed by atoms with Crippen molar-refractivity contribution in [1.82, 2.24) is 14.9 Å². The molecule has 1 aromatic carbocycles. The molecule has 3 aliphatic rings. The van der Waals surface area contributed by atoms with Gasteiger partial charge in [-0.05, 0) is 57.6 Å². The average molecular weight is 469 g/mol. The number of nitrogens with zero attached hydrogens (tertiary/aromatic N) is 2. The van der Waals surface area contributed by atoms with Gasteiger partial charge in [0.2, 0.25) is 10.0 Å². The first-order valence-electron chi connectivity index (χ1n) is 11.5. The van der Waals surface area contributed by atoms with E-state index in [0.29, 0.717) is 24.0 Å². The molecule has 0 aromatic heterocycles. The maximum absolute atomic E-state index is 13.5. The monoisotopic (exact) mass is 468 g/mol. The molecule has 1 spiro atoms. The molecule has 2 aliphatic heterocycles. The van der Waals surface area contributed by atoms with Crippen LogP contribution in [0.1, 0.15) is 61.6 Å². The van der Waals surface area contributed by atoms with E-state index in [9.17, 15) is 8.42 Å². The summed E-state index contributed by atoms with van der Waals surface area (Å²) in [6.45, 7) is 8.51. The van der Waals surface area contributed by atoms with Crippen molar-refractivity contribution in [2.24, 2.45) is 4.99 Å². The fourth-order valence-corrected chi connectivity index (χ4v) is 7.40. The molecule has 1 saturated carbocycles. The molecule has 6 nitrogen and oxygen atoms in total. The van der Waals surface area contributed by atoms with Crippen LogP contribution in [0.15, 0.2) is 22.0 Å². The van der Waals surface area contributed by atoms with Crippen LogP contribution in [0, 0.1) is 20.8 Å². The topological polar surface area (TPSA) is 73.8 Å². The Morgan fingerprint density at radius 3 is 2.29 bits per heavy atom. The van der Waals surface area contributed by atoms with E-state index in [1.54, 1.807) is 4.31 Å². The number of aryl methyl sites for hydroxylation is 3. The minimum atomic E-state index is -3.49. The fraction of sp³-hybridized carbons (Fsp3) is 0.696. The summed E-state index contributed by atoms with van der Waals surface area (Å²) in [5.41, 5.74) is 2.57. The molecule has 31 heavy (non-hydrogen) atoms. The summed E-state index contributed by atoms with van der Waals surface area (Å²) in [5, 5.41) is 7.45. The van der Waals surface area contributed by atoms with Gasteiger partial charge >= 0.3 is 0 Å². The van der Waals surface area contributed by atoms with Gasteiger partial charge in [0.05, 0.1) is 17.0 Å². The standard InChI is InChI=1S/C23H36N4O2S.ClH/c1-17-15-18(2)21(19(3)16-17)30(28,29)27-13-9-23(10-14-27)22(24-11-12-25-23)26-20-7-5-4-6-8-20;/h15-16,20,25H,4-14H2,1-3H3,(H,24,26);1H. The van der Waals surface area contributed by atoms with Crippen LogP contribution in [-0.4, -0.2) is 56.3 Å². The highest BCUT2D eigenvalue weighted by molar-refractivity contribution is 7.89. The van der Waals surface area contributed by atoms with Crippen LogP contribution < -0.4 is 10.6 Å². The van der Waals surface area contributed by atoms with E-state index in [4.69, 9.17) is 4.99 Å². The summed E-state index contributed by atoms with van der Waals surface area (Å²) >= 11 is 0. The van der Waals surface area contributed by atoms with Crippen molar-refractivity contribution < 1.29 is 8.42 Å². The smallest absolute Gasteiger partial charge is 0.243 e. The lowest BCUT2D eigenvalue weighted by molar-refractivity contribution is 0.238. The summed E-state index contributed by atoms with van der Waals surface area (Å²) in [6, 6.07) is 4.44. The molecule has 1 saturated heterocycles. The highest BCUT2D eigenvalue weighted by Crippen LogP contribution is 2.32. The predicted octanol–water partition coefficient (Wildman–Crippen LogP) is 3.48. The molecule has 4 rings (SSSR count). The van der Waals surface area contributed by atoms with Crippen molar-refractivity contribution >= 4 is 28.3 Å². The molecule has 0 unspecified atom stereocenters. The van der Waals surface area contributed by atoms with Crippen molar-refractivity contribution in [3.8, 4) is 0 Å². The highest BCUT2D eigenvalue weighted by atomic mass is 35.5. The third-order valence-electron chi connectivity index (χ3n) is 7.02. The van der Waals surface area contributed by atoms with Crippen molar-refractivity contribution in [3.05, 3.63) is 28.8 Å². The number of amidine groups is 1. The Balaban J connectivity index is 0.00000272. The maximum Gasteiger partial charge on any atom is 0.243 e. The van der Waals surface area contributed by atoms with E-state index >= 15 is 0 Å². The van der Waals surface area contributed by atoms with Crippen molar-refractivity contribution in [2.45, 2.75) is 82.2 Å². The van der Waals surface area contributed by atoms with Crippen LogP contribution in [0.3, 0.4) is 0 Å². The molecule has 8 heteroatoms. The molecule has 0 radical (unpaired) electrons. The first-order valence-corrected chi connectivity index (χ1v) is 12.9. The van der Waals surface area contributed by atoms with Crippen molar-refractivity contribution in [2.75, 3.05) is 26.2 Å². The molecule has 0 bridgehead atoms. The lowest BCUT2D eigenvalue weighted by Crippen LogP contribution is -2.65. The van der Waals surface area contributed by atoms with Gasteiger partial charge in [-0.1, -0.05) is 37.0 Å². The molecule has 2 N–H and O–H groups in total. The number of rotatable bonds is 3. The van der Waals surface area contributed by atoms with Crippen molar-refractivity contribution in [1.29, 1.82) is 0 Å². The van der Waals surface area contributed by atoms with Gasteiger partial charge in [0.15, 0.2) is 0 Å². The first kappa shape index (κ1) is 24.5. The Kier molecular flexibility index (Phi) is 7.72. The minimum absolute atomic E-state index is 0. The largest absolute Gasteiger partial charge is 0.370 e. The second-order valence-corrected chi connectivity index (χ2v) is 11.2. The first-order chi connectivity index (χ1) is 14.3. The molecule has 0 atom stereocenters. The van der Waals surface area contributed by atoms with Gasteiger partial charge in [0, 0.05) is 25.7 Å². The average Bonchev–Trinajstić information content (AvgIpc) is 2.70. The zero-order valence-corrected chi connectivity index (χ0v) is 20.7. The molecule has 174 valence electrons. The van der Waals surface area contributed by atoms with Crippen LogP contribution >= 0.6 is 12.4 Å². The molecule has 2 heterocycles. The van der Waals surface area contributed by atoms with Crippen LogP contribution in [0.4, 0.5) is 0 Å². The van der Waals surface area contributed by atoms with Crippen LogP contribution in [0.25, 0.3) is 0 Å². The van der Waals surface area contributed by atoms with Crippen LogP contribution in [0.5, 0.6) is 0 Å². The second-order valence-electron chi connectivity index (χ2n) is 9.35. The van der Waals surface area contributed by atoms with E-state index in [2.05, 4.69) is 10.6 Å². The van der Waals surface area contributed by atoms with Gasteiger partial charge in [-0.2, -0.15) is 4.31 Å². The second kappa shape index (κ2) is 9.77. The number of benzene rings is 1. The summed E-state index contributed by atoms with van der Waals surface area (Å²) in [7, 11) is -3.49. The van der Waals surface area contributed by atoms with Gasteiger partial charge in [-0.3, -0.25) is 4.99 Å². The molecule has 2 fully saturated rings. The minimum Gasteiger partial charge on any atom is -0.370 e. The van der Waals surface area contributed by atoms with Crippen molar-refractivity contribution in [3.63, 3.8) is 0 Å². The zero-order chi connectivity index (χ0) is 21.4. The number of halogens is 1. The molecular weight excluding hydrogens is 432 g/mol. The Hall–Kier alpha value is -1.15. The van der Waals surface area contributed by atoms with E-state index in [0.717, 1.165) is 48.5 Å². The Bertz CT molecular complexity index is 894. The molecule has 0 amide bonds. The molecule has 1 aromatic rings. The molecule has 1 aliphatic carbocycles. The Morgan fingerprint density at radius 1 is 1.06 bits per heavy atom. The van der Waals surface area contributed by atoms with Gasteiger partial charge < -0.3 is 10.6 Å². The lowest BCUT2D eigenvalue weighted by atomic mass is 9.84. The summed E-state index contributed by atoms with van der Waals surface area (Å²) in [5.74, 6) is 1.07. The number of aliphatic imine (C=N–C) groups is 1. The number of hydrogen-bond acceptors (Lipinski definition) is 5. The number of piperidine rings is 1. The van der Waals surface area contributed by atoms with E-state index < -0.39 is 10.0 Å². The van der Waals surface area contributed by atoms with E-state index in [1.165, 1.54) is 32.1 Å².